The molecule has 1 atom stereocenters. The molecule has 0 bridgehead atoms. The van der Waals surface area contributed by atoms with Crippen LogP contribution in [0.4, 0.5) is 0 Å². The van der Waals surface area contributed by atoms with Gasteiger partial charge >= 0.3 is 5.97 Å². The Morgan fingerprint density at radius 1 is 1.44 bits per heavy atom. The maximum absolute atomic E-state index is 11.8. The molecule has 0 aromatic carbocycles. The number of carboxylic acids is 1. The number of nitrogens with two attached hydrogens (primary N) is 1. The minimum absolute atomic E-state index is 0.170. The molecule has 2 amide bonds. The first-order valence-corrected chi connectivity index (χ1v) is 5.60. The second-order valence-corrected chi connectivity index (χ2v) is 3.89. The Morgan fingerprint density at radius 2 is 2.17 bits per heavy atom. The fourth-order valence-corrected chi connectivity index (χ4v) is 1.70. The van der Waals surface area contributed by atoms with Crippen LogP contribution in [0.25, 0.3) is 0 Å². The summed E-state index contributed by atoms with van der Waals surface area (Å²) in [5.74, 6) is -1.74. The van der Waals surface area contributed by atoms with Gasteiger partial charge in [0.2, 0.25) is 11.8 Å². The van der Waals surface area contributed by atoms with E-state index >= 15 is 0 Å². The number of rotatable bonds is 5. The lowest BCUT2D eigenvalue weighted by atomic mass is 10.1. The van der Waals surface area contributed by atoms with Gasteiger partial charge in [-0.15, -0.1) is 0 Å². The van der Waals surface area contributed by atoms with E-state index in [-0.39, 0.29) is 32.0 Å². The zero-order valence-corrected chi connectivity index (χ0v) is 9.92. The lowest BCUT2D eigenvalue weighted by molar-refractivity contribution is -0.146. The Kier molecular flexibility index (Phi) is 5.53. The summed E-state index contributed by atoms with van der Waals surface area (Å²) < 4.78 is 5.15. The largest absolute Gasteiger partial charge is 0.481 e. The smallest absolute Gasteiger partial charge is 0.305 e. The number of carbonyl (C=O) groups excluding carboxylic acids is 2. The van der Waals surface area contributed by atoms with Crippen molar-refractivity contribution in [1.82, 2.24) is 10.2 Å². The number of hydrogen-bond acceptors (Lipinski definition) is 5. The summed E-state index contributed by atoms with van der Waals surface area (Å²) in [5.41, 5.74) is 5.10. The summed E-state index contributed by atoms with van der Waals surface area (Å²) in [6.45, 7) is 0.534. The number of carboxylic acid groups (broad SMARTS) is 1. The van der Waals surface area contributed by atoms with Crippen molar-refractivity contribution >= 4 is 17.8 Å². The minimum Gasteiger partial charge on any atom is -0.481 e. The molecule has 18 heavy (non-hydrogen) atoms. The molecule has 0 radical (unpaired) electrons. The van der Waals surface area contributed by atoms with Gasteiger partial charge in [0.15, 0.2) is 0 Å². The Hall–Kier alpha value is -1.67. The van der Waals surface area contributed by atoms with Crippen LogP contribution in [0.2, 0.25) is 0 Å². The van der Waals surface area contributed by atoms with E-state index in [2.05, 4.69) is 5.32 Å². The number of ether oxygens (including phenoxy) is 1. The van der Waals surface area contributed by atoms with E-state index in [0.717, 1.165) is 0 Å². The minimum atomic E-state index is -0.991. The van der Waals surface area contributed by atoms with Gasteiger partial charge in [-0.25, -0.2) is 0 Å². The Morgan fingerprint density at radius 3 is 2.78 bits per heavy atom. The second kappa shape index (κ2) is 6.92. The van der Waals surface area contributed by atoms with Gasteiger partial charge in [0.25, 0.3) is 0 Å². The summed E-state index contributed by atoms with van der Waals surface area (Å²) in [4.78, 5) is 34.9. The van der Waals surface area contributed by atoms with E-state index in [0.29, 0.717) is 13.2 Å². The average Bonchev–Trinajstić information content (AvgIpc) is 2.35. The molecule has 0 saturated carbocycles. The first kappa shape index (κ1) is 14.4. The summed E-state index contributed by atoms with van der Waals surface area (Å²) in [6.07, 6.45) is -0.170. The number of morpholine rings is 1. The van der Waals surface area contributed by atoms with Crippen LogP contribution in [-0.4, -0.2) is 66.7 Å². The Bertz CT molecular complexity index is 333. The van der Waals surface area contributed by atoms with Crippen molar-refractivity contribution in [2.75, 3.05) is 32.8 Å². The van der Waals surface area contributed by atoms with Crippen molar-refractivity contribution in [1.29, 1.82) is 0 Å². The Labute approximate surface area is 104 Å². The van der Waals surface area contributed by atoms with Crippen LogP contribution in [0.3, 0.4) is 0 Å². The first-order valence-electron chi connectivity index (χ1n) is 5.60. The van der Waals surface area contributed by atoms with Crippen LogP contribution in [0, 0.1) is 0 Å². The third kappa shape index (κ3) is 4.30. The van der Waals surface area contributed by atoms with Gasteiger partial charge in [-0.05, 0) is 0 Å². The summed E-state index contributed by atoms with van der Waals surface area (Å²) >= 11 is 0. The van der Waals surface area contributed by atoms with Crippen LogP contribution in [0.5, 0.6) is 0 Å². The predicted molar refractivity (Wildman–Crippen MR) is 60.6 cm³/mol. The van der Waals surface area contributed by atoms with E-state index in [1.165, 1.54) is 4.90 Å². The maximum atomic E-state index is 11.8. The Balaban J connectivity index is 2.51. The van der Waals surface area contributed by atoms with Gasteiger partial charge in [0.05, 0.1) is 38.8 Å². The highest BCUT2D eigenvalue weighted by Crippen LogP contribution is 2.10. The predicted octanol–water partition coefficient (Wildman–Crippen LogP) is -2.24. The third-order valence-corrected chi connectivity index (χ3v) is 2.58. The summed E-state index contributed by atoms with van der Waals surface area (Å²) in [5, 5.41) is 11.1. The summed E-state index contributed by atoms with van der Waals surface area (Å²) in [6, 6.07) is -0.487. The van der Waals surface area contributed by atoms with E-state index < -0.39 is 17.9 Å². The standard InChI is InChI=1S/C10H17N3O5/c11-4-8(14)12-5-9(15)13-1-2-18-6-7(13)3-10(16)17/h7H,1-6,11H2,(H,12,14)(H,16,17). The van der Waals surface area contributed by atoms with Gasteiger partial charge in [0, 0.05) is 6.54 Å². The molecule has 1 heterocycles. The van der Waals surface area contributed by atoms with Crippen LogP contribution >= 0.6 is 0 Å². The molecule has 0 aromatic heterocycles. The molecule has 1 aliphatic heterocycles. The van der Waals surface area contributed by atoms with Gasteiger partial charge in [-0.3, -0.25) is 14.4 Å². The van der Waals surface area contributed by atoms with Gasteiger partial charge < -0.3 is 25.8 Å². The molecule has 0 aliphatic carbocycles. The molecule has 0 spiro atoms. The van der Waals surface area contributed by atoms with Crippen LogP contribution in [-0.2, 0) is 19.1 Å². The molecule has 0 aromatic rings. The van der Waals surface area contributed by atoms with Gasteiger partial charge in [-0.2, -0.15) is 0 Å². The SMILES string of the molecule is NCC(=O)NCC(=O)N1CCOCC1CC(=O)O. The van der Waals surface area contributed by atoms with Crippen LogP contribution < -0.4 is 11.1 Å². The normalized spacial score (nSPS) is 19.4. The molecule has 8 heteroatoms. The monoisotopic (exact) mass is 259 g/mol. The number of amides is 2. The van der Waals surface area contributed by atoms with E-state index in [1.807, 2.05) is 0 Å². The zero-order valence-electron chi connectivity index (χ0n) is 9.92. The number of hydrogen-bond donors (Lipinski definition) is 3. The molecule has 8 nitrogen and oxygen atoms in total. The zero-order chi connectivity index (χ0) is 13.5. The van der Waals surface area contributed by atoms with Gasteiger partial charge in [-0.1, -0.05) is 0 Å². The molecule has 1 aliphatic rings. The number of nitrogens with zero attached hydrogens (tertiary/aromatic N) is 1. The summed E-state index contributed by atoms with van der Waals surface area (Å²) in [7, 11) is 0. The van der Waals surface area contributed by atoms with Crippen molar-refractivity contribution in [3.05, 3.63) is 0 Å². The van der Waals surface area contributed by atoms with Crippen molar-refractivity contribution in [2.24, 2.45) is 5.73 Å². The quantitative estimate of drug-likeness (QED) is 0.513. The molecule has 1 saturated heterocycles. The molecule has 1 unspecified atom stereocenters. The lowest BCUT2D eigenvalue weighted by Gasteiger charge is -2.34. The van der Waals surface area contributed by atoms with Crippen molar-refractivity contribution in [2.45, 2.75) is 12.5 Å². The fraction of sp³-hybridized carbons (Fsp3) is 0.700. The highest BCUT2D eigenvalue weighted by molar-refractivity contribution is 5.86. The number of nitrogens with one attached hydrogen (secondary N) is 1. The highest BCUT2D eigenvalue weighted by Gasteiger charge is 2.28. The van der Waals surface area contributed by atoms with Crippen LogP contribution in [0.1, 0.15) is 6.42 Å². The first-order chi connectivity index (χ1) is 8.54. The number of carbonyl (C=O) groups is 3. The van der Waals surface area contributed by atoms with E-state index in [1.54, 1.807) is 0 Å². The third-order valence-electron chi connectivity index (χ3n) is 2.58. The van der Waals surface area contributed by atoms with Crippen molar-refractivity contribution in [3.63, 3.8) is 0 Å². The molecule has 1 fully saturated rings. The molecule has 102 valence electrons. The molecular weight excluding hydrogens is 242 g/mol. The molecule has 4 N–H and O–H groups in total. The van der Waals surface area contributed by atoms with Crippen molar-refractivity contribution < 1.29 is 24.2 Å². The average molecular weight is 259 g/mol. The fourth-order valence-electron chi connectivity index (χ4n) is 1.70. The van der Waals surface area contributed by atoms with E-state index in [9.17, 15) is 14.4 Å². The topological polar surface area (TPSA) is 122 Å². The molecule has 1 rings (SSSR count). The number of aliphatic carboxylic acids is 1. The lowest BCUT2D eigenvalue weighted by Crippen LogP contribution is -2.52. The molecular formula is C10H17N3O5. The van der Waals surface area contributed by atoms with Crippen molar-refractivity contribution in [3.8, 4) is 0 Å². The van der Waals surface area contributed by atoms with Gasteiger partial charge in [0.1, 0.15) is 0 Å². The van der Waals surface area contributed by atoms with Crippen LogP contribution in [0.15, 0.2) is 0 Å². The maximum Gasteiger partial charge on any atom is 0.305 e. The van der Waals surface area contributed by atoms with E-state index in [4.69, 9.17) is 15.6 Å². The second-order valence-electron chi connectivity index (χ2n) is 3.89. The highest BCUT2D eigenvalue weighted by atomic mass is 16.5.